The van der Waals surface area contributed by atoms with E-state index in [0.717, 1.165) is 12.8 Å². The SMILES string of the molecule is CC1=C(C(=O)O)N2C(=O)[C@@H](NC(=O)[C@H](N)c3ccc(O)cc3)[C@H]2SC1.NCCCCC(N)C(=O)O.O. The molecule has 36 heavy (non-hydrogen) atoms. The Kier molecular flexibility index (Phi) is 11.8. The van der Waals surface area contributed by atoms with Crippen molar-refractivity contribution in [1.82, 2.24) is 10.2 Å². The number of phenols is 1. The molecule has 2 amide bonds. The second kappa shape index (κ2) is 13.8. The topological polar surface area (TPSA) is 254 Å². The number of carboxylic acid groups (broad SMARTS) is 2. The molecule has 200 valence electrons. The average molecular weight is 528 g/mol. The molecule has 0 spiro atoms. The van der Waals surface area contributed by atoms with Gasteiger partial charge in [0.1, 0.15) is 34.9 Å². The summed E-state index contributed by atoms with van der Waals surface area (Å²) in [6, 6.07) is 3.38. The van der Waals surface area contributed by atoms with Gasteiger partial charge in [-0.25, -0.2) is 4.79 Å². The summed E-state index contributed by atoms with van der Waals surface area (Å²) in [6.45, 7) is 2.28. The molecule has 1 aromatic rings. The maximum Gasteiger partial charge on any atom is 0.352 e. The number of hydrogen-bond acceptors (Lipinski definition) is 9. The number of nitrogens with one attached hydrogen (secondary N) is 1. The molecule has 0 aliphatic carbocycles. The Morgan fingerprint density at radius 2 is 1.78 bits per heavy atom. The van der Waals surface area contributed by atoms with Gasteiger partial charge in [0, 0.05) is 5.75 Å². The molecule has 1 fully saturated rings. The normalized spacial score (nSPS) is 20.0. The standard InChI is InChI=1S/C16H17N3O5S.C6H14N2O2.H2O/c1-7-6-25-15-11(14(22)19(15)12(7)16(23)24)18-13(21)10(17)8-2-4-9(20)5-3-8;7-4-2-1-3-5(8)6(9)10;/h2-5,10-11,15,20H,6,17H2,1H3,(H,18,21)(H,23,24);5H,1-4,7-8H2,(H,9,10);1H2/t10-,11-,15-;;/m1../s1. The predicted molar refractivity (Wildman–Crippen MR) is 133 cm³/mol. The Morgan fingerprint density at radius 1 is 1.17 bits per heavy atom. The van der Waals surface area contributed by atoms with Gasteiger partial charge in [-0.2, -0.15) is 0 Å². The Hall–Kier alpha value is -3.17. The van der Waals surface area contributed by atoms with Crippen molar-refractivity contribution in [3.8, 4) is 5.75 Å². The molecule has 1 unspecified atom stereocenters. The zero-order valence-electron chi connectivity index (χ0n) is 19.7. The van der Waals surface area contributed by atoms with E-state index in [2.05, 4.69) is 5.32 Å². The highest BCUT2D eigenvalue weighted by Crippen LogP contribution is 2.40. The molecule has 2 heterocycles. The summed E-state index contributed by atoms with van der Waals surface area (Å²) in [4.78, 5) is 47.4. The minimum absolute atomic E-state index is 0. The Balaban J connectivity index is 0.000000504. The minimum Gasteiger partial charge on any atom is -0.508 e. The van der Waals surface area contributed by atoms with Gasteiger partial charge < -0.3 is 43.3 Å². The van der Waals surface area contributed by atoms with Gasteiger partial charge in [0.15, 0.2) is 0 Å². The number of phenolic OH excluding ortho intramolecular Hbond substituents is 1. The van der Waals surface area contributed by atoms with Crippen LogP contribution in [0.25, 0.3) is 0 Å². The fourth-order valence-electron chi connectivity index (χ4n) is 3.48. The average Bonchev–Trinajstić information content (AvgIpc) is 2.82. The number of hydrogen-bond donors (Lipinski definition) is 7. The number of carbonyl (C=O) groups excluding carboxylic acids is 2. The number of rotatable bonds is 9. The molecule has 0 aromatic heterocycles. The molecule has 14 heteroatoms. The van der Waals surface area contributed by atoms with Gasteiger partial charge in [-0.15, -0.1) is 11.8 Å². The summed E-state index contributed by atoms with van der Waals surface area (Å²) in [5, 5.41) is 29.0. The highest BCUT2D eigenvalue weighted by atomic mass is 32.2. The first-order valence-corrected chi connectivity index (χ1v) is 12.0. The molecular weight excluding hydrogens is 494 g/mol. The molecule has 13 nitrogen and oxygen atoms in total. The van der Waals surface area contributed by atoms with Gasteiger partial charge in [0.05, 0.1) is 0 Å². The van der Waals surface area contributed by atoms with Crippen molar-refractivity contribution in [3.05, 3.63) is 41.1 Å². The van der Waals surface area contributed by atoms with Crippen molar-refractivity contribution in [3.63, 3.8) is 0 Å². The lowest BCUT2D eigenvalue weighted by Gasteiger charge is -2.49. The number of amides is 2. The number of thioether (sulfide) groups is 1. The second-order valence-corrected chi connectivity index (χ2v) is 9.23. The molecule has 0 bridgehead atoms. The largest absolute Gasteiger partial charge is 0.508 e. The summed E-state index contributed by atoms with van der Waals surface area (Å²) < 4.78 is 0. The van der Waals surface area contributed by atoms with Crippen LogP contribution in [0.5, 0.6) is 5.75 Å². The van der Waals surface area contributed by atoms with Crippen LogP contribution in [0.2, 0.25) is 0 Å². The van der Waals surface area contributed by atoms with E-state index in [1.54, 1.807) is 6.92 Å². The fraction of sp³-hybridized carbons (Fsp3) is 0.455. The summed E-state index contributed by atoms with van der Waals surface area (Å²) in [5.74, 6) is -2.54. The molecule has 1 aromatic carbocycles. The third-order valence-electron chi connectivity index (χ3n) is 5.48. The van der Waals surface area contributed by atoms with Crippen LogP contribution in [-0.2, 0) is 19.2 Å². The van der Waals surface area contributed by atoms with Crippen LogP contribution in [0, 0.1) is 0 Å². The monoisotopic (exact) mass is 527 g/mol. The molecule has 3 rings (SSSR count). The van der Waals surface area contributed by atoms with E-state index in [-0.39, 0.29) is 16.9 Å². The summed E-state index contributed by atoms with van der Waals surface area (Å²) in [7, 11) is 0. The highest BCUT2D eigenvalue weighted by molar-refractivity contribution is 8.00. The van der Waals surface area contributed by atoms with Crippen LogP contribution in [-0.4, -0.2) is 79.2 Å². The fourth-order valence-corrected chi connectivity index (χ4v) is 4.78. The van der Waals surface area contributed by atoms with Crippen molar-refractivity contribution in [2.75, 3.05) is 12.3 Å². The van der Waals surface area contributed by atoms with Crippen molar-refractivity contribution < 1.29 is 40.0 Å². The number of benzene rings is 1. The van der Waals surface area contributed by atoms with E-state index in [0.29, 0.717) is 29.9 Å². The first-order valence-electron chi connectivity index (χ1n) is 10.9. The third kappa shape index (κ3) is 7.41. The van der Waals surface area contributed by atoms with Gasteiger partial charge in [-0.05, 0) is 49.6 Å². The van der Waals surface area contributed by atoms with Gasteiger partial charge in [-0.1, -0.05) is 18.6 Å². The minimum atomic E-state index is -1.15. The summed E-state index contributed by atoms with van der Waals surface area (Å²) in [5.41, 5.74) is 17.4. The van der Waals surface area contributed by atoms with Crippen molar-refractivity contribution >= 4 is 35.5 Å². The lowest BCUT2D eigenvalue weighted by molar-refractivity contribution is -0.150. The number of aliphatic carboxylic acids is 2. The number of nitrogens with zero attached hydrogens (tertiary/aromatic N) is 1. The van der Waals surface area contributed by atoms with Crippen LogP contribution in [0.1, 0.15) is 37.8 Å². The number of carboxylic acids is 2. The molecule has 1 saturated heterocycles. The van der Waals surface area contributed by atoms with E-state index in [4.69, 9.17) is 22.3 Å². The second-order valence-electron chi connectivity index (χ2n) is 8.13. The Morgan fingerprint density at radius 3 is 2.31 bits per heavy atom. The molecule has 0 radical (unpaired) electrons. The van der Waals surface area contributed by atoms with E-state index in [1.165, 1.54) is 40.9 Å². The van der Waals surface area contributed by atoms with Crippen LogP contribution in [0.15, 0.2) is 35.5 Å². The highest BCUT2D eigenvalue weighted by Gasteiger charge is 2.53. The number of aromatic hydroxyl groups is 1. The summed E-state index contributed by atoms with van der Waals surface area (Å²) >= 11 is 1.40. The maximum absolute atomic E-state index is 12.3. The molecule has 4 atom stereocenters. The van der Waals surface area contributed by atoms with Crippen LogP contribution in [0.4, 0.5) is 0 Å². The Bertz CT molecular complexity index is 987. The van der Waals surface area contributed by atoms with Crippen molar-refractivity contribution in [2.45, 2.75) is 49.7 Å². The number of nitrogens with two attached hydrogens (primary N) is 3. The van der Waals surface area contributed by atoms with Crippen LogP contribution in [0.3, 0.4) is 0 Å². The van der Waals surface area contributed by atoms with E-state index >= 15 is 0 Å². The smallest absolute Gasteiger partial charge is 0.352 e. The van der Waals surface area contributed by atoms with Gasteiger partial charge in [-0.3, -0.25) is 19.3 Å². The Labute approximate surface area is 212 Å². The van der Waals surface area contributed by atoms with Crippen molar-refractivity contribution in [2.24, 2.45) is 17.2 Å². The molecule has 2 aliphatic heterocycles. The predicted octanol–water partition coefficient (Wildman–Crippen LogP) is -1.15. The van der Waals surface area contributed by atoms with Gasteiger partial charge in [0.25, 0.3) is 5.91 Å². The lowest BCUT2D eigenvalue weighted by atomic mass is 10.0. The summed E-state index contributed by atoms with van der Waals surface area (Å²) in [6.07, 6.45) is 2.16. The first-order chi connectivity index (χ1) is 16.5. The third-order valence-corrected chi connectivity index (χ3v) is 6.90. The number of β-lactam (4-membered cyclic amide) rings is 1. The molecule has 0 saturated carbocycles. The zero-order valence-corrected chi connectivity index (χ0v) is 20.5. The van der Waals surface area contributed by atoms with E-state index < -0.39 is 47.3 Å². The maximum atomic E-state index is 12.3. The number of carbonyl (C=O) groups is 4. The molecule has 2 aliphatic rings. The van der Waals surface area contributed by atoms with Crippen LogP contribution >= 0.6 is 11.8 Å². The van der Waals surface area contributed by atoms with Gasteiger partial charge >= 0.3 is 11.9 Å². The van der Waals surface area contributed by atoms with Crippen molar-refractivity contribution in [1.29, 1.82) is 0 Å². The first kappa shape index (κ1) is 30.9. The van der Waals surface area contributed by atoms with Crippen LogP contribution < -0.4 is 22.5 Å². The quantitative estimate of drug-likeness (QED) is 0.149. The number of unbranched alkanes of at least 4 members (excludes halogenated alkanes) is 1. The zero-order chi connectivity index (χ0) is 26.3. The number of fused-ring (bicyclic) bond motifs is 1. The lowest BCUT2D eigenvalue weighted by Crippen LogP contribution is -2.71. The van der Waals surface area contributed by atoms with E-state index in [1.807, 2.05) is 0 Å². The van der Waals surface area contributed by atoms with E-state index in [9.17, 15) is 29.4 Å². The molecular formula is C22H33N5O8S. The van der Waals surface area contributed by atoms with Gasteiger partial charge in [0.2, 0.25) is 5.91 Å². The molecule has 12 N–H and O–H groups in total.